The van der Waals surface area contributed by atoms with Crippen molar-refractivity contribution < 1.29 is 23.9 Å². The molecule has 0 unspecified atom stereocenters. The molecule has 1 N–H and O–H groups in total. The number of ketones is 1. The van der Waals surface area contributed by atoms with Gasteiger partial charge in [-0.25, -0.2) is 0 Å². The topological polar surface area (TPSA) is 72.8 Å². The van der Waals surface area contributed by atoms with E-state index in [-0.39, 0.29) is 23.7 Å². The lowest BCUT2D eigenvalue weighted by Gasteiger charge is -2.24. The Bertz CT molecular complexity index is 1080. The van der Waals surface area contributed by atoms with Crippen molar-refractivity contribution in [2.75, 3.05) is 19.5 Å². The summed E-state index contributed by atoms with van der Waals surface area (Å²) in [6.45, 7) is 7.12. The molecule has 0 saturated heterocycles. The zero-order valence-electron chi connectivity index (χ0n) is 19.7. The Morgan fingerprint density at radius 1 is 1.18 bits per heavy atom. The molecule has 1 aliphatic carbocycles. The zero-order valence-corrected chi connectivity index (χ0v) is 20.6. The standard InChI is InChI=1S/C27H33O5P/c1-27(2,32-19-10-6-5-7-11-19)24(29)14-13-20-22(28)17-23-25(20)21-12-8-9-18(26(21)31-23)15-16-33(3,4)30/h5-14,20,22-23,25,28H,15-17H2,1-4H3/b14-13+/t20-,22+,23-,25-/m0/s1. The van der Waals surface area contributed by atoms with Gasteiger partial charge in [-0.15, -0.1) is 0 Å². The third-order valence-corrected chi connectivity index (χ3v) is 7.89. The highest BCUT2D eigenvalue weighted by molar-refractivity contribution is 7.62. The van der Waals surface area contributed by atoms with Crippen molar-refractivity contribution in [3.05, 3.63) is 71.8 Å². The Morgan fingerprint density at radius 2 is 1.91 bits per heavy atom. The molecule has 2 aromatic carbocycles. The number of carbonyl (C=O) groups is 1. The maximum absolute atomic E-state index is 13.0. The quantitative estimate of drug-likeness (QED) is 0.433. The van der Waals surface area contributed by atoms with Crippen LogP contribution < -0.4 is 9.47 Å². The molecular weight excluding hydrogens is 435 g/mol. The van der Waals surface area contributed by atoms with Gasteiger partial charge in [-0.3, -0.25) is 4.79 Å². The molecular formula is C27H33O5P. The number of aryl methyl sites for hydroxylation is 1. The third kappa shape index (κ3) is 5.26. The molecule has 33 heavy (non-hydrogen) atoms. The smallest absolute Gasteiger partial charge is 0.198 e. The predicted molar refractivity (Wildman–Crippen MR) is 131 cm³/mol. The molecule has 4 atom stereocenters. The van der Waals surface area contributed by atoms with Crippen molar-refractivity contribution in [1.29, 1.82) is 0 Å². The number of ether oxygens (including phenoxy) is 2. The second-order valence-electron chi connectivity index (χ2n) is 10.1. The fourth-order valence-corrected chi connectivity index (χ4v) is 5.57. The molecule has 0 spiro atoms. The van der Waals surface area contributed by atoms with Crippen LogP contribution in [0.15, 0.2) is 60.7 Å². The Labute approximate surface area is 196 Å². The summed E-state index contributed by atoms with van der Waals surface area (Å²) in [5, 5.41) is 10.7. The maximum atomic E-state index is 13.0. The van der Waals surface area contributed by atoms with Crippen LogP contribution in [-0.4, -0.2) is 48.2 Å². The first-order valence-corrected chi connectivity index (χ1v) is 14.3. The largest absolute Gasteiger partial charge is 0.489 e. The summed E-state index contributed by atoms with van der Waals surface area (Å²) in [5.74, 6) is 1.13. The molecule has 0 aromatic heterocycles. The number of hydrogen-bond donors (Lipinski definition) is 1. The van der Waals surface area contributed by atoms with Crippen molar-refractivity contribution in [2.24, 2.45) is 5.92 Å². The minimum atomic E-state index is -2.12. The van der Waals surface area contributed by atoms with Crippen LogP contribution in [0.4, 0.5) is 0 Å². The highest BCUT2D eigenvalue weighted by Crippen LogP contribution is 2.52. The van der Waals surface area contributed by atoms with Gasteiger partial charge in [-0.2, -0.15) is 0 Å². The van der Waals surface area contributed by atoms with E-state index in [0.29, 0.717) is 24.8 Å². The van der Waals surface area contributed by atoms with Gasteiger partial charge >= 0.3 is 0 Å². The van der Waals surface area contributed by atoms with Gasteiger partial charge in [-0.05, 0) is 57.4 Å². The van der Waals surface area contributed by atoms with E-state index in [1.807, 2.05) is 67.9 Å². The van der Waals surface area contributed by atoms with Crippen LogP contribution in [-0.2, 0) is 15.8 Å². The normalized spacial score (nSPS) is 24.4. The molecule has 2 aromatic rings. The van der Waals surface area contributed by atoms with Crippen LogP contribution in [0.1, 0.15) is 37.3 Å². The Balaban J connectivity index is 1.52. The molecule has 0 radical (unpaired) electrons. The molecule has 6 heteroatoms. The van der Waals surface area contributed by atoms with E-state index in [1.54, 1.807) is 19.9 Å². The first kappa shape index (κ1) is 23.8. The fourth-order valence-electron chi connectivity index (χ4n) is 4.79. The summed E-state index contributed by atoms with van der Waals surface area (Å²) in [6, 6.07) is 15.4. The molecule has 0 amide bonds. The summed E-state index contributed by atoms with van der Waals surface area (Å²) in [4.78, 5) is 13.0. The molecule has 5 nitrogen and oxygen atoms in total. The number of para-hydroxylation sites is 2. The number of fused-ring (bicyclic) bond motifs is 3. The van der Waals surface area contributed by atoms with Gasteiger partial charge < -0.3 is 19.1 Å². The van der Waals surface area contributed by atoms with Crippen molar-refractivity contribution in [2.45, 2.75) is 50.4 Å². The first-order valence-electron chi connectivity index (χ1n) is 11.5. The average molecular weight is 469 g/mol. The molecule has 1 aliphatic heterocycles. The monoisotopic (exact) mass is 468 g/mol. The van der Waals surface area contributed by atoms with Gasteiger partial charge in [0.1, 0.15) is 17.6 Å². The van der Waals surface area contributed by atoms with Crippen LogP contribution in [0.5, 0.6) is 11.5 Å². The van der Waals surface area contributed by atoms with Crippen LogP contribution in [0.25, 0.3) is 0 Å². The zero-order chi connectivity index (χ0) is 23.8. The third-order valence-electron chi connectivity index (χ3n) is 6.59. The van der Waals surface area contributed by atoms with Gasteiger partial charge in [0.25, 0.3) is 0 Å². The molecule has 4 rings (SSSR count). The van der Waals surface area contributed by atoms with Gasteiger partial charge in [-0.1, -0.05) is 42.5 Å². The SMILES string of the molecule is CC(C)(Oc1ccccc1)C(=O)/C=C/[C@@H]1[C@H]2c3cccc(CCP(C)(C)=O)c3O[C@H]2C[C@H]1O. The van der Waals surface area contributed by atoms with E-state index in [4.69, 9.17) is 9.47 Å². The van der Waals surface area contributed by atoms with E-state index in [0.717, 1.165) is 16.9 Å². The minimum absolute atomic E-state index is 0.00721. The predicted octanol–water partition coefficient (Wildman–Crippen LogP) is 5.06. The van der Waals surface area contributed by atoms with E-state index >= 15 is 0 Å². The molecule has 176 valence electrons. The van der Waals surface area contributed by atoms with Crippen molar-refractivity contribution in [3.63, 3.8) is 0 Å². The molecule has 1 fully saturated rings. The highest BCUT2D eigenvalue weighted by Gasteiger charge is 2.49. The number of hydrogen-bond acceptors (Lipinski definition) is 5. The van der Waals surface area contributed by atoms with E-state index in [9.17, 15) is 14.5 Å². The highest BCUT2D eigenvalue weighted by atomic mass is 31.2. The van der Waals surface area contributed by atoms with E-state index in [2.05, 4.69) is 0 Å². The van der Waals surface area contributed by atoms with Gasteiger partial charge in [0.15, 0.2) is 11.4 Å². The molecule has 1 saturated carbocycles. The number of benzene rings is 2. The summed E-state index contributed by atoms with van der Waals surface area (Å²) in [7, 11) is -2.12. The minimum Gasteiger partial charge on any atom is -0.489 e. The fraction of sp³-hybridized carbons (Fsp3) is 0.444. The number of aliphatic hydroxyl groups excluding tert-OH is 1. The second kappa shape index (κ2) is 9.12. The lowest BCUT2D eigenvalue weighted by Crippen LogP contribution is -2.37. The van der Waals surface area contributed by atoms with Gasteiger partial charge in [0.2, 0.25) is 0 Å². The number of rotatable bonds is 8. The molecule has 0 bridgehead atoms. The van der Waals surface area contributed by atoms with Crippen molar-refractivity contribution in [3.8, 4) is 11.5 Å². The van der Waals surface area contributed by atoms with E-state index < -0.39 is 18.8 Å². The Hall–Kier alpha value is -2.36. The van der Waals surface area contributed by atoms with Crippen LogP contribution in [0.2, 0.25) is 0 Å². The lowest BCUT2D eigenvalue weighted by molar-refractivity contribution is -0.126. The van der Waals surface area contributed by atoms with E-state index in [1.165, 1.54) is 0 Å². The summed E-state index contributed by atoms with van der Waals surface area (Å²) < 4.78 is 24.4. The first-order chi connectivity index (χ1) is 15.5. The average Bonchev–Trinajstić information content (AvgIpc) is 3.25. The Kier molecular flexibility index (Phi) is 6.57. The number of carbonyl (C=O) groups excluding carboxylic acids is 1. The molecule has 1 heterocycles. The second-order valence-corrected chi connectivity index (χ2v) is 13.7. The number of aliphatic hydroxyl groups is 1. The van der Waals surface area contributed by atoms with Crippen LogP contribution in [0.3, 0.4) is 0 Å². The van der Waals surface area contributed by atoms with Crippen LogP contribution in [0, 0.1) is 5.92 Å². The van der Waals surface area contributed by atoms with Crippen molar-refractivity contribution in [1.82, 2.24) is 0 Å². The maximum Gasteiger partial charge on any atom is 0.198 e. The summed E-state index contributed by atoms with van der Waals surface area (Å²) in [5.41, 5.74) is 1.11. The summed E-state index contributed by atoms with van der Waals surface area (Å²) >= 11 is 0. The summed E-state index contributed by atoms with van der Waals surface area (Å²) in [6.07, 6.45) is 4.54. The Morgan fingerprint density at radius 3 is 2.61 bits per heavy atom. The lowest BCUT2D eigenvalue weighted by atomic mass is 9.86. The van der Waals surface area contributed by atoms with Crippen molar-refractivity contribution >= 4 is 12.9 Å². The van der Waals surface area contributed by atoms with Gasteiger partial charge in [0.05, 0.1) is 13.2 Å². The molecule has 2 aliphatic rings. The van der Waals surface area contributed by atoms with Gasteiger partial charge in [0, 0.05) is 30.0 Å². The van der Waals surface area contributed by atoms with Crippen LogP contribution >= 0.6 is 7.14 Å².